The molecule has 0 atom stereocenters. The Hall–Kier alpha value is -2.15. The van der Waals surface area contributed by atoms with Crippen molar-refractivity contribution in [1.82, 2.24) is 9.88 Å². The molecule has 1 aliphatic heterocycles. The molecule has 2 heterocycles. The number of aromatic nitrogens is 1. The molecule has 0 aliphatic carbocycles. The summed E-state index contributed by atoms with van der Waals surface area (Å²) in [5, 5.41) is 19.2. The van der Waals surface area contributed by atoms with Gasteiger partial charge in [-0.05, 0) is 26.8 Å². The van der Waals surface area contributed by atoms with Crippen LogP contribution >= 0.6 is 0 Å². The van der Waals surface area contributed by atoms with Gasteiger partial charge in [0.1, 0.15) is 16.9 Å². The molecule has 1 fully saturated rings. The molecule has 1 aromatic rings. The predicted molar refractivity (Wildman–Crippen MR) is 72.9 cm³/mol. The Morgan fingerprint density at radius 2 is 1.95 bits per heavy atom. The second kappa shape index (κ2) is 5.00. The number of aromatic carboxylic acids is 1. The van der Waals surface area contributed by atoms with Gasteiger partial charge >= 0.3 is 12.1 Å². The van der Waals surface area contributed by atoms with Gasteiger partial charge in [-0.15, -0.1) is 0 Å². The summed E-state index contributed by atoms with van der Waals surface area (Å²) in [4.78, 5) is 27.7. The van der Waals surface area contributed by atoms with Crippen molar-refractivity contribution >= 4 is 12.1 Å². The highest BCUT2D eigenvalue weighted by atomic mass is 16.6. The van der Waals surface area contributed by atoms with Crippen molar-refractivity contribution in [1.29, 1.82) is 0 Å². The number of carboxylic acid groups (broad SMARTS) is 1. The van der Waals surface area contributed by atoms with Crippen LogP contribution in [0.25, 0.3) is 0 Å². The number of amides is 1. The molecule has 1 aromatic heterocycles. The summed E-state index contributed by atoms with van der Waals surface area (Å²) in [7, 11) is 0. The summed E-state index contributed by atoms with van der Waals surface area (Å²) in [6.45, 7) is 5.49. The van der Waals surface area contributed by atoms with Gasteiger partial charge in [0.2, 0.25) is 0 Å². The number of hydrogen-bond acceptors (Lipinski definition) is 5. The molecular formula is C14H18N2O5. The average Bonchev–Trinajstić information content (AvgIpc) is 2.33. The van der Waals surface area contributed by atoms with Crippen LogP contribution in [0, 0.1) is 0 Å². The van der Waals surface area contributed by atoms with Gasteiger partial charge in [0.15, 0.2) is 0 Å². The number of pyridine rings is 1. The van der Waals surface area contributed by atoms with Gasteiger partial charge in [0.05, 0.1) is 13.1 Å². The summed E-state index contributed by atoms with van der Waals surface area (Å²) in [5.74, 6) is -1.13. The van der Waals surface area contributed by atoms with Gasteiger partial charge in [-0.2, -0.15) is 0 Å². The molecule has 0 aromatic carbocycles. The Labute approximate surface area is 122 Å². The van der Waals surface area contributed by atoms with Crippen molar-refractivity contribution in [2.75, 3.05) is 13.1 Å². The molecule has 2 N–H and O–H groups in total. The number of likely N-dealkylation sites (tertiary alicyclic amines) is 1. The molecule has 0 bridgehead atoms. The number of ether oxygens (including phenoxy) is 1. The highest BCUT2D eigenvalue weighted by Gasteiger charge is 2.46. The maximum Gasteiger partial charge on any atom is 0.410 e. The lowest BCUT2D eigenvalue weighted by molar-refractivity contribution is -0.103. The van der Waals surface area contributed by atoms with Crippen molar-refractivity contribution in [2.45, 2.75) is 32.0 Å². The number of aliphatic hydroxyl groups is 1. The lowest BCUT2D eigenvalue weighted by Crippen LogP contribution is -2.61. The number of hydrogen-bond donors (Lipinski definition) is 2. The number of carbonyl (C=O) groups excluding carboxylic acids is 1. The van der Waals surface area contributed by atoms with Crippen LogP contribution in [0.4, 0.5) is 4.79 Å². The lowest BCUT2D eigenvalue weighted by Gasteiger charge is -2.46. The lowest BCUT2D eigenvalue weighted by atomic mass is 9.87. The molecule has 0 spiro atoms. The van der Waals surface area contributed by atoms with E-state index in [1.165, 1.54) is 23.2 Å². The summed E-state index contributed by atoms with van der Waals surface area (Å²) >= 11 is 0. The molecule has 114 valence electrons. The van der Waals surface area contributed by atoms with Gasteiger partial charge in [-0.25, -0.2) is 14.6 Å². The fourth-order valence-electron chi connectivity index (χ4n) is 2.02. The Morgan fingerprint density at radius 3 is 2.38 bits per heavy atom. The number of rotatable bonds is 2. The van der Waals surface area contributed by atoms with Crippen LogP contribution in [0.2, 0.25) is 0 Å². The van der Waals surface area contributed by atoms with E-state index in [-0.39, 0.29) is 18.8 Å². The third-order valence-corrected chi connectivity index (χ3v) is 3.08. The molecule has 7 nitrogen and oxygen atoms in total. The van der Waals surface area contributed by atoms with Crippen molar-refractivity contribution < 1.29 is 24.5 Å². The van der Waals surface area contributed by atoms with Crippen molar-refractivity contribution in [3.05, 3.63) is 29.6 Å². The fraction of sp³-hybridized carbons (Fsp3) is 0.500. The van der Waals surface area contributed by atoms with Crippen LogP contribution in [0.15, 0.2) is 18.3 Å². The van der Waals surface area contributed by atoms with Crippen molar-refractivity contribution in [2.24, 2.45) is 0 Å². The fourth-order valence-corrected chi connectivity index (χ4v) is 2.02. The first kappa shape index (κ1) is 15.2. The van der Waals surface area contributed by atoms with Gasteiger partial charge < -0.3 is 19.8 Å². The highest BCUT2D eigenvalue weighted by Crippen LogP contribution is 2.32. The van der Waals surface area contributed by atoms with E-state index in [0.717, 1.165) is 0 Å². The Kier molecular flexibility index (Phi) is 3.63. The van der Waals surface area contributed by atoms with E-state index in [2.05, 4.69) is 4.98 Å². The molecular weight excluding hydrogens is 276 g/mol. The first-order chi connectivity index (χ1) is 9.61. The molecule has 0 radical (unpaired) electrons. The standard InChI is InChI=1S/C14H18N2O5/c1-13(2,3)21-12(19)16-7-14(20,8-16)9-4-5-10(11(17)18)15-6-9/h4-6,20H,7-8H2,1-3H3,(H,17,18). The molecule has 7 heteroatoms. The number of carboxylic acids is 1. The minimum atomic E-state index is -1.21. The molecule has 0 saturated carbocycles. The minimum Gasteiger partial charge on any atom is -0.477 e. The summed E-state index contributed by atoms with van der Waals surface area (Å²) in [6.07, 6.45) is 0.831. The third kappa shape index (κ3) is 3.30. The van der Waals surface area contributed by atoms with Crippen LogP contribution in [0.5, 0.6) is 0 Å². The molecule has 1 amide bonds. The van der Waals surface area contributed by atoms with Crippen molar-refractivity contribution in [3.63, 3.8) is 0 Å². The van der Waals surface area contributed by atoms with E-state index in [1.807, 2.05) is 0 Å². The molecule has 21 heavy (non-hydrogen) atoms. The summed E-state index contributed by atoms with van der Waals surface area (Å²) in [6, 6.07) is 2.83. The van der Waals surface area contributed by atoms with Crippen LogP contribution in [0.1, 0.15) is 36.8 Å². The normalized spacial score (nSPS) is 17.0. The van der Waals surface area contributed by atoms with Crippen LogP contribution in [-0.2, 0) is 10.3 Å². The van der Waals surface area contributed by atoms with Crippen LogP contribution in [-0.4, -0.2) is 50.9 Å². The topological polar surface area (TPSA) is 100.0 Å². The zero-order chi connectivity index (χ0) is 15.8. The Bertz CT molecular complexity index is 556. The van der Waals surface area contributed by atoms with Crippen LogP contribution < -0.4 is 0 Å². The monoisotopic (exact) mass is 294 g/mol. The first-order valence-electron chi connectivity index (χ1n) is 6.51. The van der Waals surface area contributed by atoms with E-state index >= 15 is 0 Å². The number of carbonyl (C=O) groups is 2. The Balaban J connectivity index is 2.01. The molecule has 1 aliphatic rings. The zero-order valence-electron chi connectivity index (χ0n) is 12.2. The molecule has 1 saturated heterocycles. The quantitative estimate of drug-likeness (QED) is 0.850. The van der Waals surface area contributed by atoms with Gasteiger partial charge in [0.25, 0.3) is 0 Å². The maximum atomic E-state index is 11.8. The largest absolute Gasteiger partial charge is 0.477 e. The van der Waals surface area contributed by atoms with Gasteiger partial charge in [0, 0.05) is 11.8 Å². The van der Waals surface area contributed by atoms with E-state index in [9.17, 15) is 14.7 Å². The number of β-amino-alcohol motifs (C(OH)–C–C–N with tert-alkyl or cyclic N) is 1. The predicted octanol–water partition coefficient (Wildman–Crippen LogP) is 1.22. The van der Waals surface area contributed by atoms with Gasteiger partial charge in [-0.3, -0.25) is 0 Å². The Morgan fingerprint density at radius 1 is 1.33 bits per heavy atom. The summed E-state index contributed by atoms with van der Waals surface area (Å²) < 4.78 is 5.20. The molecule has 0 unspecified atom stereocenters. The smallest absolute Gasteiger partial charge is 0.410 e. The van der Waals surface area contributed by atoms with E-state index < -0.39 is 23.3 Å². The SMILES string of the molecule is CC(C)(C)OC(=O)N1CC(O)(c2ccc(C(=O)O)nc2)C1. The van der Waals surface area contributed by atoms with Crippen LogP contribution in [0.3, 0.4) is 0 Å². The second-order valence-corrected chi connectivity index (χ2v) is 6.11. The van der Waals surface area contributed by atoms with E-state index in [1.54, 1.807) is 20.8 Å². The summed E-state index contributed by atoms with van der Waals surface area (Å²) in [5.41, 5.74) is -1.41. The van der Waals surface area contributed by atoms with E-state index in [0.29, 0.717) is 5.56 Å². The van der Waals surface area contributed by atoms with E-state index in [4.69, 9.17) is 9.84 Å². The first-order valence-corrected chi connectivity index (χ1v) is 6.51. The maximum absolute atomic E-state index is 11.8. The number of nitrogens with zero attached hydrogens (tertiary/aromatic N) is 2. The van der Waals surface area contributed by atoms with Crippen molar-refractivity contribution in [3.8, 4) is 0 Å². The average molecular weight is 294 g/mol. The second-order valence-electron chi connectivity index (χ2n) is 6.11. The highest BCUT2D eigenvalue weighted by molar-refractivity contribution is 5.85. The minimum absolute atomic E-state index is 0.0920. The third-order valence-electron chi connectivity index (χ3n) is 3.08. The molecule has 2 rings (SSSR count). The van der Waals surface area contributed by atoms with Gasteiger partial charge in [-0.1, -0.05) is 6.07 Å². The zero-order valence-corrected chi connectivity index (χ0v) is 12.2.